The molecule has 3 nitrogen and oxygen atoms in total. The zero-order chi connectivity index (χ0) is 12.1. The van der Waals surface area contributed by atoms with E-state index in [-0.39, 0.29) is 5.82 Å². The first-order valence-electron chi connectivity index (χ1n) is 5.27. The molecule has 0 fully saturated rings. The Kier molecular flexibility index (Phi) is 3.55. The van der Waals surface area contributed by atoms with Gasteiger partial charge in [-0.25, -0.2) is 9.37 Å². The Bertz CT molecular complexity index is 485. The summed E-state index contributed by atoms with van der Waals surface area (Å²) in [6.45, 7) is 0.526. The van der Waals surface area contributed by atoms with Gasteiger partial charge in [-0.15, -0.1) is 0 Å². The van der Waals surface area contributed by atoms with Gasteiger partial charge in [-0.05, 0) is 17.7 Å². The van der Waals surface area contributed by atoms with Crippen molar-refractivity contribution in [2.45, 2.75) is 6.54 Å². The summed E-state index contributed by atoms with van der Waals surface area (Å²) in [5.74, 6) is 0.314. The number of hydrogen-bond acceptors (Lipinski definition) is 3. The molecule has 0 radical (unpaired) electrons. The van der Waals surface area contributed by atoms with Crippen molar-refractivity contribution in [3.8, 4) is 5.88 Å². The van der Waals surface area contributed by atoms with Crippen LogP contribution in [-0.4, -0.2) is 12.1 Å². The van der Waals surface area contributed by atoms with Gasteiger partial charge in [0.25, 0.3) is 0 Å². The molecule has 0 bridgehead atoms. The van der Waals surface area contributed by atoms with Gasteiger partial charge in [-0.2, -0.15) is 0 Å². The highest BCUT2D eigenvalue weighted by atomic mass is 19.1. The van der Waals surface area contributed by atoms with Crippen molar-refractivity contribution in [1.82, 2.24) is 4.98 Å². The summed E-state index contributed by atoms with van der Waals surface area (Å²) >= 11 is 0. The number of nitrogens with zero attached hydrogens (tertiary/aromatic N) is 1. The van der Waals surface area contributed by atoms with E-state index >= 15 is 0 Å². The summed E-state index contributed by atoms with van der Waals surface area (Å²) in [5, 5.41) is 3.01. The van der Waals surface area contributed by atoms with E-state index < -0.39 is 0 Å². The van der Waals surface area contributed by atoms with Gasteiger partial charge in [0.15, 0.2) is 0 Å². The molecule has 1 aromatic carbocycles. The van der Waals surface area contributed by atoms with E-state index in [4.69, 9.17) is 4.74 Å². The lowest BCUT2D eigenvalue weighted by molar-refractivity contribution is 0.397. The Hall–Kier alpha value is -2.10. The third-order valence-electron chi connectivity index (χ3n) is 2.36. The molecule has 0 aliphatic carbocycles. The molecule has 0 saturated heterocycles. The van der Waals surface area contributed by atoms with E-state index in [0.29, 0.717) is 18.1 Å². The highest BCUT2D eigenvalue weighted by Crippen LogP contribution is 2.14. The third-order valence-corrected chi connectivity index (χ3v) is 2.36. The summed E-state index contributed by atoms with van der Waals surface area (Å²) in [6.07, 6.45) is 1.70. The molecule has 0 atom stereocenters. The quantitative estimate of drug-likeness (QED) is 0.880. The molecule has 1 N–H and O–H groups in total. The second kappa shape index (κ2) is 5.30. The maximum absolute atomic E-state index is 13.3. The van der Waals surface area contributed by atoms with Crippen molar-refractivity contribution in [2.24, 2.45) is 0 Å². The second-order valence-electron chi connectivity index (χ2n) is 3.54. The maximum Gasteiger partial charge on any atom is 0.212 e. The molecule has 17 heavy (non-hydrogen) atoms. The van der Waals surface area contributed by atoms with Crippen molar-refractivity contribution < 1.29 is 9.13 Å². The molecule has 0 aliphatic heterocycles. The molecule has 0 amide bonds. The highest BCUT2D eigenvalue weighted by Gasteiger charge is 2.00. The van der Waals surface area contributed by atoms with E-state index in [1.165, 1.54) is 6.07 Å². The van der Waals surface area contributed by atoms with Crippen LogP contribution in [0, 0.1) is 5.82 Å². The van der Waals surface area contributed by atoms with Crippen LogP contribution in [0.4, 0.5) is 10.1 Å². The molecule has 88 valence electrons. The fourth-order valence-corrected chi connectivity index (χ4v) is 1.44. The molecular weight excluding hydrogens is 219 g/mol. The van der Waals surface area contributed by atoms with Crippen LogP contribution in [0.25, 0.3) is 0 Å². The van der Waals surface area contributed by atoms with Crippen LogP contribution >= 0.6 is 0 Å². The Morgan fingerprint density at radius 2 is 2.06 bits per heavy atom. The molecule has 1 aromatic heterocycles. The van der Waals surface area contributed by atoms with E-state index in [1.807, 2.05) is 6.07 Å². The Balaban J connectivity index is 2.00. The minimum absolute atomic E-state index is 0.256. The summed E-state index contributed by atoms with van der Waals surface area (Å²) in [6, 6.07) is 10.2. The number of nitrogens with one attached hydrogen (secondary N) is 1. The number of ether oxygens (including phenoxy) is 1. The van der Waals surface area contributed by atoms with E-state index in [1.54, 1.807) is 37.6 Å². The second-order valence-corrected chi connectivity index (χ2v) is 3.54. The summed E-state index contributed by atoms with van der Waals surface area (Å²) < 4.78 is 18.3. The van der Waals surface area contributed by atoms with Crippen LogP contribution in [0.2, 0.25) is 0 Å². The molecule has 0 unspecified atom stereocenters. The summed E-state index contributed by atoms with van der Waals surface area (Å²) in [7, 11) is 1.57. The minimum Gasteiger partial charge on any atom is -0.481 e. The fraction of sp³-hybridized carbons (Fsp3) is 0.154. The number of benzene rings is 1. The maximum atomic E-state index is 13.3. The first kappa shape index (κ1) is 11.4. The zero-order valence-electron chi connectivity index (χ0n) is 9.48. The number of methoxy groups -OCH3 is 1. The number of rotatable bonds is 4. The van der Waals surface area contributed by atoms with Crippen LogP contribution < -0.4 is 10.1 Å². The van der Waals surface area contributed by atoms with E-state index in [9.17, 15) is 4.39 Å². The predicted molar refractivity (Wildman–Crippen MR) is 64.5 cm³/mol. The number of halogens is 1. The standard InChI is InChI=1S/C13H13FN2O/c1-17-13-7-6-10(9-16-13)8-15-12-5-3-2-4-11(12)14/h2-7,9,15H,8H2,1H3. The van der Waals surface area contributed by atoms with Crippen LogP contribution in [0.3, 0.4) is 0 Å². The van der Waals surface area contributed by atoms with Crippen molar-refractivity contribution in [1.29, 1.82) is 0 Å². The van der Waals surface area contributed by atoms with E-state index in [0.717, 1.165) is 5.56 Å². The van der Waals surface area contributed by atoms with Gasteiger partial charge in [-0.1, -0.05) is 18.2 Å². The smallest absolute Gasteiger partial charge is 0.212 e. The van der Waals surface area contributed by atoms with Crippen molar-refractivity contribution in [3.05, 3.63) is 54.0 Å². The zero-order valence-corrected chi connectivity index (χ0v) is 9.48. The first-order chi connectivity index (χ1) is 8.29. The van der Waals surface area contributed by atoms with Gasteiger partial charge in [0.1, 0.15) is 5.82 Å². The number of para-hydroxylation sites is 1. The summed E-state index contributed by atoms with van der Waals surface area (Å²) in [5.41, 5.74) is 1.46. The molecule has 2 aromatic rings. The average molecular weight is 232 g/mol. The van der Waals surface area contributed by atoms with Crippen molar-refractivity contribution >= 4 is 5.69 Å². The van der Waals surface area contributed by atoms with Crippen molar-refractivity contribution in [3.63, 3.8) is 0 Å². The molecule has 0 saturated carbocycles. The van der Waals surface area contributed by atoms with Crippen LogP contribution in [-0.2, 0) is 6.54 Å². The van der Waals surface area contributed by atoms with Gasteiger partial charge < -0.3 is 10.1 Å². The first-order valence-corrected chi connectivity index (χ1v) is 5.27. The predicted octanol–water partition coefficient (Wildman–Crippen LogP) is 2.84. The van der Waals surface area contributed by atoms with Crippen LogP contribution in [0.1, 0.15) is 5.56 Å². The highest BCUT2D eigenvalue weighted by molar-refractivity contribution is 5.44. The number of hydrogen-bond donors (Lipinski definition) is 1. The van der Waals surface area contributed by atoms with Crippen LogP contribution in [0.5, 0.6) is 5.88 Å². The molecule has 0 spiro atoms. The molecule has 1 heterocycles. The minimum atomic E-state index is -0.256. The van der Waals surface area contributed by atoms with Gasteiger partial charge in [0.2, 0.25) is 5.88 Å². The lowest BCUT2D eigenvalue weighted by atomic mass is 10.2. The van der Waals surface area contributed by atoms with Gasteiger partial charge in [0.05, 0.1) is 12.8 Å². The topological polar surface area (TPSA) is 34.1 Å². The largest absolute Gasteiger partial charge is 0.481 e. The van der Waals surface area contributed by atoms with Gasteiger partial charge >= 0.3 is 0 Å². The van der Waals surface area contributed by atoms with Crippen molar-refractivity contribution in [2.75, 3.05) is 12.4 Å². The third kappa shape index (κ3) is 2.93. The number of pyridine rings is 1. The molecule has 2 rings (SSSR count). The van der Waals surface area contributed by atoms with E-state index in [2.05, 4.69) is 10.3 Å². The van der Waals surface area contributed by atoms with Gasteiger partial charge in [0, 0.05) is 18.8 Å². The Morgan fingerprint density at radius 1 is 1.24 bits per heavy atom. The lowest BCUT2D eigenvalue weighted by Crippen LogP contribution is -2.01. The number of anilines is 1. The van der Waals surface area contributed by atoms with Gasteiger partial charge in [-0.3, -0.25) is 0 Å². The average Bonchev–Trinajstić information content (AvgIpc) is 2.38. The fourth-order valence-electron chi connectivity index (χ4n) is 1.44. The SMILES string of the molecule is COc1ccc(CNc2ccccc2F)cn1. The Morgan fingerprint density at radius 3 is 2.71 bits per heavy atom. The monoisotopic (exact) mass is 232 g/mol. The molecule has 4 heteroatoms. The molecule has 0 aliphatic rings. The molecular formula is C13H13FN2O. The summed E-state index contributed by atoms with van der Waals surface area (Å²) in [4.78, 5) is 4.08. The van der Waals surface area contributed by atoms with Crippen LogP contribution in [0.15, 0.2) is 42.6 Å². The lowest BCUT2D eigenvalue weighted by Gasteiger charge is -2.07. The number of aromatic nitrogens is 1. The normalized spacial score (nSPS) is 10.0. The Labute approximate surface area is 99.3 Å².